The number of ether oxygens (including phenoxy) is 1. The Morgan fingerprint density at radius 2 is 1.91 bits per heavy atom. The zero-order valence-corrected chi connectivity index (χ0v) is 13.1. The van der Waals surface area contributed by atoms with Crippen molar-refractivity contribution in [3.05, 3.63) is 35.3 Å². The number of anilines is 1. The fraction of sp³-hybridized carbons (Fsp3) is 0.308. The number of nitrogens with zero attached hydrogens (tertiary/aromatic N) is 2. The minimum atomic E-state index is -4.02. The lowest BCUT2D eigenvalue weighted by atomic mass is 10.4. The van der Waals surface area contributed by atoms with E-state index in [4.69, 9.17) is 9.15 Å². The highest BCUT2D eigenvalue weighted by atomic mass is 32.2. The minimum Gasteiger partial charge on any atom is -0.460 e. The summed E-state index contributed by atoms with van der Waals surface area (Å²) >= 11 is 0. The number of carbonyl (C=O) groups is 1. The second-order valence-electron chi connectivity index (χ2n) is 4.42. The first-order valence-corrected chi connectivity index (χ1v) is 7.92. The van der Waals surface area contributed by atoms with E-state index in [2.05, 4.69) is 14.7 Å². The maximum atomic E-state index is 12.2. The highest BCUT2D eigenvalue weighted by Crippen LogP contribution is 2.17. The number of carbonyl (C=O) groups excluding carboxylic acids is 1. The molecule has 0 aliphatic rings. The summed E-state index contributed by atoms with van der Waals surface area (Å²) in [5.41, 5.74) is 1.24. The zero-order chi connectivity index (χ0) is 16.3. The van der Waals surface area contributed by atoms with Crippen LogP contribution in [0.2, 0.25) is 0 Å². The third-order valence-corrected chi connectivity index (χ3v) is 3.73. The van der Waals surface area contributed by atoms with E-state index in [1.54, 1.807) is 26.8 Å². The van der Waals surface area contributed by atoms with Crippen LogP contribution in [0.5, 0.6) is 0 Å². The topological polar surface area (TPSA) is 111 Å². The van der Waals surface area contributed by atoms with Gasteiger partial charge in [0.1, 0.15) is 0 Å². The monoisotopic (exact) mass is 325 g/mol. The number of aryl methyl sites for hydroxylation is 2. The smallest absolute Gasteiger partial charge is 0.374 e. The average Bonchev–Trinajstić information content (AvgIpc) is 2.87. The Hall–Kier alpha value is -2.42. The van der Waals surface area contributed by atoms with Gasteiger partial charge in [-0.3, -0.25) is 0 Å². The summed E-state index contributed by atoms with van der Waals surface area (Å²) in [4.78, 5) is 19.4. The third-order valence-electron chi connectivity index (χ3n) is 2.53. The van der Waals surface area contributed by atoms with Gasteiger partial charge in [0.15, 0.2) is 0 Å². The fourth-order valence-electron chi connectivity index (χ4n) is 1.72. The maximum Gasteiger partial charge on any atom is 0.374 e. The highest BCUT2D eigenvalue weighted by Gasteiger charge is 2.23. The van der Waals surface area contributed by atoms with E-state index in [0.717, 1.165) is 6.07 Å². The maximum absolute atomic E-state index is 12.2. The number of hydrogen-bond acceptors (Lipinski definition) is 7. The lowest BCUT2D eigenvalue weighted by Crippen LogP contribution is -2.15. The van der Waals surface area contributed by atoms with Gasteiger partial charge in [0.05, 0.1) is 6.61 Å². The SMILES string of the molecule is CCOC(=O)c1ccc(S(=O)(=O)Nc2nc(C)cc(C)n2)o1. The molecule has 2 aromatic rings. The van der Waals surface area contributed by atoms with Gasteiger partial charge in [-0.1, -0.05) is 0 Å². The van der Waals surface area contributed by atoms with Crippen LogP contribution >= 0.6 is 0 Å². The first-order valence-electron chi connectivity index (χ1n) is 6.44. The molecule has 0 aliphatic heterocycles. The summed E-state index contributed by atoms with van der Waals surface area (Å²) in [6, 6.07) is 4.11. The van der Waals surface area contributed by atoms with Crippen LogP contribution in [0.3, 0.4) is 0 Å². The largest absolute Gasteiger partial charge is 0.460 e. The second kappa shape index (κ2) is 6.14. The quantitative estimate of drug-likeness (QED) is 0.832. The van der Waals surface area contributed by atoms with Gasteiger partial charge >= 0.3 is 5.97 Å². The van der Waals surface area contributed by atoms with Crippen molar-refractivity contribution in [1.29, 1.82) is 0 Å². The average molecular weight is 325 g/mol. The van der Waals surface area contributed by atoms with Crippen molar-refractivity contribution in [3.63, 3.8) is 0 Å². The number of rotatable bonds is 5. The first kappa shape index (κ1) is 16.0. The molecule has 0 spiro atoms. The molecule has 0 fully saturated rings. The summed E-state index contributed by atoms with van der Waals surface area (Å²) in [5.74, 6) is -0.984. The van der Waals surface area contributed by atoms with E-state index in [1.807, 2.05) is 0 Å². The second-order valence-corrected chi connectivity index (χ2v) is 6.03. The van der Waals surface area contributed by atoms with Crippen molar-refractivity contribution in [2.24, 2.45) is 0 Å². The molecule has 2 heterocycles. The third kappa shape index (κ3) is 3.61. The molecule has 9 heteroatoms. The van der Waals surface area contributed by atoms with Crippen LogP contribution in [0.4, 0.5) is 5.95 Å². The fourth-order valence-corrected chi connectivity index (χ4v) is 2.60. The molecule has 1 N–H and O–H groups in total. The van der Waals surface area contributed by atoms with E-state index in [9.17, 15) is 13.2 Å². The Labute approximate surface area is 127 Å². The van der Waals surface area contributed by atoms with Crippen LogP contribution in [-0.4, -0.2) is 31.0 Å². The van der Waals surface area contributed by atoms with Gasteiger partial charge in [-0.2, -0.15) is 8.42 Å². The van der Waals surface area contributed by atoms with Crippen LogP contribution in [-0.2, 0) is 14.8 Å². The molecule has 0 saturated heterocycles. The molecule has 0 amide bonds. The van der Waals surface area contributed by atoms with Crippen molar-refractivity contribution < 1.29 is 22.4 Å². The standard InChI is InChI=1S/C13H15N3O5S/c1-4-20-12(17)10-5-6-11(21-10)22(18,19)16-13-14-8(2)7-9(3)15-13/h5-7H,4H2,1-3H3,(H,14,15,16). The highest BCUT2D eigenvalue weighted by molar-refractivity contribution is 7.92. The van der Waals surface area contributed by atoms with E-state index in [-0.39, 0.29) is 18.3 Å². The predicted octanol–water partition coefficient (Wildman–Crippen LogP) is 1.66. The Bertz CT molecular complexity index is 778. The van der Waals surface area contributed by atoms with Gasteiger partial charge in [0.25, 0.3) is 10.0 Å². The molecule has 0 bridgehead atoms. The van der Waals surface area contributed by atoms with E-state index >= 15 is 0 Å². The molecule has 0 unspecified atom stereocenters. The Morgan fingerprint density at radius 3 is 2.50 bits per heavy atom. The number of hydrogen-bond donors (Lipinski definition) is 1. The summed E-state index contributed by atoms with van der Waals surface area (Å²) in [6.07, 6.45) is 0. The molecular weight excluding hydrogens is 310 g/mol. The molecule has 0 atom stereocenters. The van der Waals surface area contributed by atoms with Crippen LogP contribution in [0, 0.1) is 13.8 Å². The predicted molar refractivity (Wildman–Crippen MR) is 77.0 cm³/mol. The Kier molecular flexibility index (Phi) is 4.45. The van der Waals surface area contributed by atoms with Gasteiger partial charge in [-0.15, -0.1) is 0 Å². The molecule has 8 nitrogen and oxygen atoms in total. The molecular formula is C13H15N3O5S. The molecule has 2 aromatic heterocycles. The number of furan rings is 1. The van der Waals surface area contributed by atoms with Gasteiger partial charge < -0.3 is 9.15 Å². The number of nitrogens with one attached hydrogen (secondary N) is 1. The van der Waals surface area contributed by atoms with Gasteiger partial charge in [0, 0.05) is 11.4 Å². The van der Waals surface area contributed by atoms with Crippen molar-refractivity contribution >= 4 is 21.9 Å². The summed E-state index contributed by atoms with van der Waals surface area (Å²) in [5, 5.41) is -0.418. The zero-order valence-electron chi connectivity index (χ0n) is 12.3. The van der Waals surface area contributed by atoms with Crippen LogP contribution in [0.25, 0.3) is 0 Å². The summed E-state index contributed by atoms with van der Waals surface area (Å²) in [7, 11) is -4.02. The molecule has 0 radical (unpaired) electrons. The van der Waals surface area contributed by atoms with Crippen molar-refractivity contribution in [1.82, 2.24) is 9.97 Å². The normalized spacial score (nSPS) is 11.2. The van der Waals surface area contributed by atoms with E-state index in [0.29, 0.717) is 11.4 Å². The summed E-state index contributed by atoms with van der Waals surface area (Å²) < 4.78 is 36.3. The van der Waals surface area contributed by atoms with Crippen LogP contribution in [0.15, 0.2) is 27.7 Å². The van der Waals surface area contributed by atoms with Crippen molar-refractivity contribution in [2.45, 2.75) is 25.9 Å². The van der Waals surface area contributed by atoms with E-state index < -0.39 is 21.1 Å². The number of aromatic nitrogens is 2. The minimum absolute atomic E-state index is 0.0633. The molecule has 22 heavy (non-hydrogen) atoms. The number of sulfonamides is 1. The van der Waals surface area contributed by atoms with Crippen molar-refractivity contribution in [3.8, 4) is 0 Å². The number of esters is 1. The molecule has 118 valence electrons. The first-order chi connectivity index (χ1) is 10.3. The molecule has 2 rings (SSSR count). The lowest BCUT2D eigenvalue weighted by Gasteiger charge is -2.05. The van der Waals surface area contributed by atoms with Crippen molar-refractivity contribution in [2.75, 3.05) is 11.3 Å². The Morgan fingerprint density at radius 1 is 1.27 bits per heavy atom. The van der Waals surface area contributed by atoms with Gasteiger partial charge in [-0.05, 0) is 39.0 Å². The van der Waals surface area contributed by atoms with Gasteiger partial charge in [0.2, 0.25) is 16.8 Å². The molecule has 0 aromatic carbocycles. The Balaban J connectivity index is 2.25. The van der Waals surface area contributed by atoms with E-state index in [1.165, 1.54) is 6.07 Å². The summed E-state index contributed by atoms with van der Waals surface area (Å²) in [6.45, 7) is 5.24. The lowest BCUT2D eigenvalue weighted by molar-refractivity contribution is 0.0484. The molecule has 0 saturated carbocycles. The molecule has 0 aliphatic carbocycles. The van der Waals surface area contributed by atoms with Crippen LogP contribution in [0.1, 0.15) is 28.9 Å². The van der Waals surface area contributed by atoms with Crippen LogP contribution < -0.4 is 4.72 Å². The van der Waals surface area contributed by atoms with Gasteiger partial charge in [-0.25, -0.2) is 19.5 Å².